The molecule has 0 unspecified atom stereocenters. The molecule has 1 aliphatic heterocycles. The highest BCUT2D eigenvalue weighted by Crippen LogP contribution is 2.34. The van der Waals surface area contributed by atoms with Crippen LogP contribution >= 0.6 is 23.5 Å². The van der Waals surface area contributed by atoms with Gasteiger partial charge in [-0.25, -0.2) is 0 Å². The summed E-state index contributed by atoms with van der Waals surface area (Å²) in [6, 6.07) is 15.0. The molecule has 0 amide bonds. The summed E-state index contributed by atoms with van der Waals surface area (Å²) in [6.07, 6.45) is 1.14. The normalized spacial score (nSPS) is 17.1. The molecule has 2 aromatic rings. The fourth-order valence-corrected chi connectivity index (χ4v) is 5.47. The topological polar surface area (TPSA) is 39.7 Å². The first-order valence-electron chi connectivity index (χ1n) is 10.1. The zero-order valence-electron chi connectivity index (χ0n) is 17.5. The second-order valence-electron chi connectivity index (χ2n) is 7.21. The van der Waals surface area contributed by atoms with Gasteiger partial charge in [-0.2, -0.15) is 0 Å². The number of methoxy groups -OCH3 is 1. The maximum atomic E-state index is 6.01. The summed E-state index contributed by atoms with van der Waals surface area (Å²) in [7, 11) is 1.65. The molecule has 0 fully saturated rings. The molecule has 1 aliphatic rings. The van der Waals surface area contributed by atoms with Crippen LogP contribution in [0.3, 0.4) is 0 Å². The van der Waals surface area contributed by atoms with Gasteiger partial charge < -0.3 is 19.5 Å². The van der Waals surface area contributed by atoms with Crippen molar-refractivity contribution < 1.29 is 14.2 Å². The van der Waals surface area contributed by atoms with Gasteiger partial charge in [-0.15, -0.1) is 23.5 Å². The largest absolute Gasteiger partial charge is 0.491 e. The molecule has 29 heavy (non-hydrogen) atoms. The molecule has 1 heterocycles. The van der Waals surface area contributed by atoms with Gasteiger partial charge in [-0.3, -0.25) is 0 Å². The SMILES string of the molecule is CC[C@@H](CN[C@@H]1COc2ccccc2SC1)CSc1cccc(C)c1OCOC. The number of rotatable bonds is 10. The Kier molecular flexibility index (Phi) is 9.05. The van der Waals surface area contributed by atoms with Crippen molar-refractivity contribution in [2.45, 2.75) is 36.1 Å². The van der Waals surface area contributed by atoms with Crippen molar-refractivity contribution in [3.8, 4) is 11.5 Å². The smallest absolute Gasteiger partial charge is 0.188 e. The van der Waals surface area contributed by atoms with Gasteiger partial charge in [0.15, 0.2) is 6.79 Å². The second kappa shape index (κ2) is 11.7. The quantitative estimate of drug-likeness (QED) is 0.408. The highest BCUT2D eigenvalue weighted by molar-refractivity contribution is 7.99. The van der Waals surface area contributed by atoms with E-state index in [1.165, 1.54) is 9.79 Å². The lowest BCUT2D eigenvalue weighted by Crippen LogP contribution is -2.39. The Morgan fingerprint density at radius 3 is 2.93 bits per heavy atom. The first-order chi connectivity index (χ1) is 14.2. The van der Waals surface area contributed by atoms with Crippen molar-refractivity contribution >= 4 is 23.5 Å². The van der Waals surface area contributed by atoms with Crippen molar-refractivity contribution in [1.82, 2.24) is 5.32 Å². The van der Waals surface area contributed by atoms with E-state index in [0.29, 0.717) is 12.0 Å². The molecule has 4 nitrogen and oxygen atoms in total. The summed E-state index contributed by atoms with van der Waals surface area (Å²) in [5, 5.41) is 3.73. The number of fused-ring (bicyclic) bond motifs is 1. The van der Waals surface area contributed by atoms with Crippen LogP contribution in [-0.2, 0) is 4.74 Å². The highest BCUT2D eigenvalue weighted by atomic mass is 32.2. The fraction of sp³-hybridized carbons (Fsp3) is 0.478. The molecule has 6 heteroatoms. The van der Waals surface area contributed by atoms with Gasteiger partial charge in [-0.05, 0) is 43.1 Å². The maximum Gasteiger partial charge on any atom is 0.188 e. The van der Waals surface area contributed by atoms with Crippen molar-refractivity contribution in [1.29, 1.82) is 0 Å². The molecule has 1 N–H and O–H groups in total. The van der Waals surface area contributed by atoms with Gasteiger partial charge in [0.25, 0.3) is 0 Å². The Morgan fingerprint density at radius 1 is 1.24 bits per heavy atom. The van der Waals surface area contributed by atoms with Crippen LogP contribution in [0.4, 0.5) is 0 Å². The molecule has 3 rings (SSSR count). The van der Waals surface area contributed by atoms with E-state index in [4.69, 9.17) is 14.2 Å². The summed E-state index contributed by atoms with van der Waals surface area (Å²) in [6.45, 7) is 6.34. The molecule has 2 aromatic carbocycles. The Morgan fingerprint density at radius 2 is 2.10 bits per heavy atom. The highest BCUT2D eigenvalue weighted by Gasteiger charge is 2.19. The van der Waals surface area contributed by atoms with Crippen molar-refractivity contribution in [3.63, 3.8) is 0 Å². The molecule has 0 aliphatic carbocycles. The third-order valence-electron chi connectivity index (χ3n) is 4.97. The third kappa shape index (κ3) is 6.57. The number of para-hydroxylation sites is 2. The second-order valence-corrected chi connectivity index (χ2v) is 9.34. The number of thioether (sulfide) groups is 2. The molecule has 0 saturated carbocycles. The average molecular weight is 434 g/mol. The molecule has 0 saturated heterocycles. The van der Waals surface area contributed by atoms with E-state index in [1.807, 2.05) is 29.6 Å². The predicted molar refractivity (Wildman–Crippen MR) is 123 cm³/mol. The minimum Gasteiger partial charge on any atom is -0.491 e. The van der Waals surface area contributed by atoms with E-state index in [2.05, 4.69) is 55.6 Å². The minimum absolute atomic E-state index is 0.277. The van der Waals surface area contributed by atoms with Crippen LogP contribution in [0.5, 0.6) is 11.5 Å². The summed E-state index contributed by atoms with van der Waals surface area (Å²) in [5.74, 6) is 4.62. The van der Waals surface area contributed by atoms with Gasteiger partial charge >= 0.3 is 0 Å². The first-order valence-corrected chi connectivity index (χ1v) is 12.1. The lowest BCUT2D eigenvalue weighted by atomic mass is 10.1. The number of hydrogen-bond donors (Lipinski definition) is 1. The van der Waals surface area contributed by atoms with E-state index >= 15 is 0 Å². The lowest BCUT2D eigenvalue weighted by Gasteiger charge is -2.21. The van der Waals surface area contributed by atoms with Crippen LogP contribution in [-0.4, -0.2) is 44.6 Å². The fourth-order valence-electron chi connectivity index (χ4n) is 3.14. The Labute approximate surface area is 183 Å². The van der Waals surface area contributed by atoms with Crippen LogP contribution in [0.1, 0.15) is 18.9 Å². The Hall–Kier alpha value is -1.34. The van der Waals surface area contributed by atoms with Gasteiger partial charge in [0.2, 0.25) is 0 Å². The number of nitrogens with one attached hydrogen (secondary N) is 1. The predicted octanol–water partition coefficient (Wildman–Crippen LogP) is 5.24. The molecule has 0 bridgehead atoms. The number of ether oxygens (including phenoxy) is 3. The Balaban J connectivity index is 1.50. The van der Waals surface area contributed by atoms with Crippen LogP contribution in [0.25, 0.3) is 0 Å². The molecular formula is C23H31NO3S2. The molecule has 158 valence electrons. The molecule has 0 spiro atoms. The first kappa shape index (κ1) is 22.3. The van der Waals surface area contributed by atoms with E-state index in [0.717, 1.165) is 48.1 Å². The monoisotopic (exact) mass is 433 g/mol. The zero-order chi connectivity index (χ0) is 20.5. The van der Waals surface area contributed by atoms with E-state index in [1.54, 1.807) is 7.11 Å². The summed E-state index contributed by atoms with van der Waals surface area (Å²) < 4.78 is 16.9. The average Bonchev–Trinajstić information content (AvgIpc) is 2.96. The minimum atomic E-state index is 0.277. The standard InChI is InChI=1S/C23H31NO3S2/c1-4-18(14-28-22-11-7-8-17(2)23(22)27-16-25-3)12-24-19-13-26-20-9-5-6-10-21(20)29-15-19/h5-11,18-19,24H,4,12-16H2,1-3H3/t18-,19+/m0/s1. The van der Waals surface area contributed by atoms with Crippen molar-refractivity contribution in [2.24, 2.45) is 5.92 Å². The number of benzene rings is 2. The molecule has 2 atom stereocenters. The van der Waals surface area contributed by atoms with E-state index < -0.39 is 0 Å². The maximum absolute atomic E-state index is 6.01. The number of aryl methyl sites for hydroxylation is 1. The van der Waals surface area contributed by atoms with Crippen LogP contribution in [0.2, 0.25) is 0 Å². The molecule has 0 radical (unpaired) electrons. The zero-order valence-corrected chi connectivity index (χ0v) is 19.1. The van der Waals surface area contributed by atoms with Gasteiger partial charge in [0.1, 0.15) is 18.1 Å². The molecular weight excluding hydrogens is 402 g/mol. The Bertz CT molecular complexity index is 745. The molecule has 0 aromatic heterocycles. The van der Waals surface area contributed by atoms with Crippen molar-refractivity contribution in [3.05, 3.63) is 48.0 Å². The summed E-state index contributed by atoms with van der Waals surface area (Å²) >= 11 is 3.75. The van der Waals surface area contributed by atoms with Crippen molar-refractivity contribution in [2.75, 3.05) is 38.6 Å². The van der Waals surface area contributed by atoms with Gasteiger partial charge in [-0.1, -0.05) is 37.6 Å². The van der Waals surface area contributed by atoms with Crippen LogP contribution in [0, 0.1) is 12.8 Å². The van der Waals surface area contributed by atoms with Gasteiger partial charge in [0, 0.05) is 28.4 Å². The summed E-state index contributed by atoms with van der Waals surface area (Å²) in [4.78, 5) is 2.42. The summed E-state index contributed by atoms with van der Waals surface area (Å²) in [5.41, 5.74) is 1.14. The number of hydrogen-bond acceptors (Lipinski definition) is 6. The van der Waals surface area contributed by atoms with Gasteiger partial charge in [0.05, 0.1) is 6.04 Å². The van der Waals surface area contributed by atoms with E-state index in [-0.39, 0.29) is 6.79 Å². The lowest BCUT2D eigenvalue weighted by molar-refractivity contribution is 0.0486. The third-order valence-corrected chi connectivity index (χ3v) is 7.46. The van der Waals surface area contributed by atoms with E-state index in [9.17, 15) is 0 Å². The van der Waals surface area contributed by atoms with Crippen LogP contribution < -0.4 is 14.8 Å². The van der Waals surface area contributed by atoms with Crippen LogP contribution in [0.15, 0.2) is 52.3 Å².